The highest BCUT2D eigenvalue weighted by Crippen LogP contribution is 2.24. The van der Waals surface area contributed by atoms with Crippen LogP contribution in [0.3, 0.4) is 0 Å². The molecule has 0 aromatic heterocycles. The molecule has 0 aliphatic heterocycles. The molecule has 0 bridgehead atoms. The third-order valence-electron chi connectivity index (χ3n) is 4.04. The second-order valence-corrected chi connectivity index (χ2v) is 5.58. The molecule has 0 spiro atoms. The highest BCUT2D eigenvalue weighted by atomic mass is 16.5. The van der Waals surface area contributed by atoms with E-state index in [4.69, 9.17) is 9.47 Å². The van der Waals surface area contributed by atoms with Crippen LogP contribution in [0.5, 0.6) is 0 Å². The largest absolute Gasteiger partial charge is 0.468 e. The molecule has 0 amide bonds. The number of esters is 1. The number of hydrogen-bond acceptors (Lipinski definition) is 4. The van der Waals surface area contributed by atoms with Crippen LogP contribution in [0.2, 0.25) is 0 Å². The number of nitrogens with one attached hydrogen (secondary N) is 1. The molecule has 1 aromatic rings. The minimum atomic E-state index is -0.201. The molecule has 1 fully saturated rings. The molecule has 2 rings (SSSR count). The number of rotatable bonds is 7. The van der Waals surface area contributed by atoms with Gasteiger partial charge in [-0.25, -0.2) is 0 Å². The fourth-order valence-corrected chi connectivity index (χ4v) is 2.81. The van der Waals surface area contributed by atoms with Crippen molar-refractivity contribution in [2.75, 3.05) is 7.11 Å². The molecule has 116 valence electrons. The Hall–Kier alpha value is -1.39. The van der Waals surface area contributed by atoms with E-state index in [1.165, 1.54) is 12.7 Å². The van der Waals surface area contributed by atoms with Gasteiger partial charge < -0.3 is 14.8 Å². The van der Waals surface area contributed by atoms with E-state index in [2.05, 4.69) is 17.4 Å². The molecule has 4 heteroatoms. The lowest BCUT2D eigenvalue weighted by atomic mass is 10.1. The Morgan fingerprint density at radius 3 is 2.76 bits per heavy atom. The van der Waals surface area contributed by atoms with E-state index in [9.17, 15) is 4.79 Å². The van der Waals surface area contributed by atoms with Gasteiger partial charge in [-0.3, -0.25) is 4.79 Å². The van der Waals surface area contributed by atoms with Crippen molar-refractivity contribution in [3.8, 4) is 0 Å². The number of hydrogen-bond donors (Lipinski definition) is 1. The van der Waals surface area contributed by atoms with E-state index in [1.54, 1.807) is 0 Å². The molecule has 3 unspecified atom stereocenters. The SMILES string of the molecule is CCC(NC1CCC(OCc2ccccc2)C1)C(=O)OC. The minimum absolute atomic E-state index is 0.175. The summed E-state index contributed by atoms with van der Waals surface area (Å²) in [5.74, 6) is -0.175. The van der Waals surface area contributed by atoms with E-state index in [1.807, 2.05) is 25.1 Å². The van der Waals surface area contributed by atoms with Crippen LogP contribution in [-0.2, 0) is 20.9 Å². The quantitative estimate of drug-likeness (QED) is 0.785. The molecule has 0 radical (unpaired) electrons. The molecule has 1 saturated carbocycles. The zero-order chi connectivity index (χ0) is 15.1. The number of methoxy groups -OCH3 is 1. The van der Waals surface area contributed by atoms with E-state index < -0.39 is 0 Å². The van der Waals surface area contributed by atoms with Crippen LogP contribution in [0, 0.1) is 0 Å². The first kappa shape index (κ1) is 16.0. The summed E-state index contributed by atoms with van der Waals surface area (Å²) in [6.45, 7) is 2.65. The van der Waals surface area contributed by atoms with Gasteiger partial charge in [0.15, 0.2) is 0 Å². The van der Waals surface area contributed by atoms with Crippen molar-refractivity contribution in [3.63, 3.8) is 0 Å². The van der Waals surface area contributed by atoms with Gasteiger partial charge in [0.25, 0.3) is 0 Å². The monoisotopic (exact) mass is 291 g/mol. The summed E-state index contributed by atoms with van der Waals surface area (Å²) >= 11 is 0. The van der Waals surface area contributed by atoms with Crippen molar-refractivity contribution >= 4 is 5.97 Å². The molecule has 1 aliphatic rings. The molecule has 1 aliphatic carbocycles. The van der Waals surface area contributed by atoms with E-state index >= 15 is 0 Å². The Bertz CT molecular complexity index is 435. The predicted octanol–water partition coefficient (Wildman–Crippen LogP) is 2.67. The zero-order valence-corrected chi connectivity index (χ0v) is 12.9. The average Bonchev–Trinajstić information content (AvgIpc) is 2.98. The molecular weight excluding hydrogens is 266 g/mol. The molecule has 4 nitrogen and oxygen atoms in total. The van der Waals surface area contributed by atoms with Crippen LogP contribution in [0.15, 0.2) is 30.3 Å². The first-order valence-corrected chi connectivity index (χ1v) is 7.72. The minimum Gasteiger partial charge on any atom is -0.468 e. The molecule has 0 heterocycles. The third-order valence-corrected chi connectivity index (χ3v) is 4.04. The van der Waals surface area contributed by atoms with Crippen LogP contribution in [-0.4, -0.2) is 31.3 Å². The van der Waals surface area contributed by atoms with Crippen molar-refractivity contribution in [3.05, 3.63) is 35.9 Å². The fraction of sp³-hybridized carbons (Fsp3) is 0.588. The first-order valence-electron chi connectivity index (χ1n) is 7.72. The lowest BCUT2D eigenvalue weighted by Gasteiger charge is -2.20. The highest BCUT2D eigenvalue weighted by Gasteiger charge is 2.29. The maximum absolute atomic E-state index is 11.6. The van der Waals surface area contributed by atoms with Crippen LogP contribution < -0.4 is 5.32 Å². The van der Waals surface area contributed by atoms with Crippen molar-refractivity contribution < 1.29 is 14.3 Å². The van der Waals surface area contributed by atoms with Crippen LogP contribution >= 0.6 is 0 Å². The van der Waals surface area contributed by atoms with Crippen molar-refractivity contribution in [1.29, 1.82) is 0 Å². The molecule has 3 atom stereocenters. The summed E-state index contributed by atoms with van der Waals surface area (Å²) in [7, 11) is 1.44. The van der Waals surface area contributed by atoms with Crippen LogP contribution in [0.1, 0.15) is 38.2 Å². The first-order chi connectivity index (χ1) is 10.2. The van der Waals surface area contributed by atoms with Crippen molar-refractivity contribution in [2.24, 2.45) is 0 Å². The zero-order valence-electron chi connectivity index (χ0n) is 12.9. The van der Waals surface area contributed by atoms with Gasteiger partial charge in [-0.2, -0.15) is 0 Å². The Balaban J connectivity index is 1.74. The Kier molecular flexibility index (Phi) is 6.21. The van der Waals surface area contributed by atoms with Gasteiger partial charge in [-0.15, -0.1) is 0 Å². The summed E-state index contributed by atoms with van der Waals surface area (Å²) in [4.78, 5) is 11.6. The molecule has 1 aromatic carbocycles. The van der Waals surface area contributed by atoms with Gasteiger partial charge in [0.1, 0.15) is 6.04 Å². The lowest BCUT2D eigenvalue weighted by molar-refractivity contribution is -0.143. The predicted molar refractivity (Wildman–Crippen MR) is 81.9 cm³/mol. The average molecular weight is 291 g/mol. The van der Waals surface area contributed by atoms with Gasteiger partial charge in [0, 0.05) is 6.04 Å². The normalized spacial score (nSPS) is 23.0. The summed E-state index contributed by atoms with van der Waals surface area (Å²) < 4.78 is 10.8. The number of carbonyl (C=O) groups is 1. The summed E-state index contributed by atoms with van der Waals surface area (Å²) in [5, 5.41) is 3.39. The smallest absolute Gasteiger partial charge is 0.322 e. The molecule has 1 N–H and O–H groups in total. The molecular formula is C17H25NO3. The summed E-state index contributed by atoms with van der Waals surface area (Å²) in [6, 6.07) is 10.4. The van der Waals surface area contributed by atoms with Crippen LogP contribution in [0.4, 0.5) is 0 Å². The number of carbonyl (C=O) groups excluding carboxylic acids is 1. The Labute approximate surface area is 126 Å². The van der Waals surface area contributed by atoms with Gasteiger partial charge >= 0.3 is 5.97 Å². The summed E-state index contributed by atoms with van der Waals surface area (Å²) in [5.41, 5.74) is 1.20. The van der Waals surface area contributed by atoms with E-state index in [0.29, 0.717) is 12.6 Å². The topological polar surface area (TPSA) is 47.6 Å². The van der Waals surface area contributed by atoms with Gasteiger partial charge in [-0.05, 0) is 31.2 Å². The Morgan fingerprint density at radius 1 is 1.33 bits per heavy atom. The standard InChI is InChI=1S/C17H25NO3/c1-3-16(17(19)20-2)18-14-9-10-15(11-14)21-12-13-7-5-4-6-8-13/h4-8,14-16,18H,3,9-12H2,1-2H3. The highest BCUT2D eigenvalue weighted by molar-refractivity contribution is 5.75. The van der Waals surface area contributed by atoms with Crippen molar-refractivity contribution in [2.45, 2.75) is 57.4 Å². The second kappa shape index (κ2) is 8.15. The number of ether oxygens (including phenoxy) is 2. The van der Waals surface area contributed by atoms with Crippen molar-refractivity contribution in [1.82, 2.24) is 5.32 Å². The maximum Gasteiger partial charge on any atom is 0.322 e. The molecule has 21 heavy (non-hydrogen) atoms. The lowest BCUT2D eigenvalue weighted by Crippen LogP contribution is -2.42. The number of benzene rings is 1. The molecule has 0 saturated heterocycles. The third kappa shape index (κ3) is 4.83. The fourth-order valence-electron chi connectivity index (χ4n) is 2.81. The van der Waals surface area contributed by atoms with Gasteiger partial charge in [0.05, 0.1) is 19.8 Å². The second-order valence-electron chi connectivity index (χ2n) is 5.58. The van der Waals surface area contributed by atoms with E-state index in [-0.39, 0.29) is 18.1 Å². The maximum atomic E-state index is 11.6. The van der Waals surface area contributed by atoms with Gasteiger partial charge in [-0.1, -0.05) is 37.3 Å². The van der Waals surface area contributed by atoms with Gasteiger partial charge in [0.2, 0.25) is 0 Å². The van der Waals surface area contributed by atoms with Crippen LogP contribution in [0.25, 0.3) is 0 Å². The Morgan fingerprint density at radius 2 is 2.10 bits per heavy atom. The summed E-state index contributed by atoms with van der Waals surface area (Å²) in [6.07, 6.45) is 4.08. The van der Waals surface area contributed by atoms with E-state index in [0.717, 1.165) is 25.7 Å².